The largest absolute Gasteiger partial charge is 0.380 e. The first-order valence-electron chi connectivity index (χ1n) is 6.71. The maximum atomic E-state index is 5.91. The Morgan fingerprint density at radius 2 is 1.89 bits per heavy atom. The molecular weight excluding hydrogens is 246 g/mol. The molecule has 0 aliphatic rings. The van der Waals surface area contributed by atoms with E-state index in [9.17, 15) is 0 Å². The van der Waals surface area contributed by atoms with Gasteiger partial charge in [-0.15, -0.1) is 0 Å². The maximum absolute atomic E-state index is 5.91. The van der Waals surface area contributed by atoms with Gasteiger partial charge in [-0.05, 0) is 37.1 Å². The molecule has 1 rings (SSSR count). The topological polar surface area (TPSA) is 21.3 Å². The van der Waals surface area contributed by atoms with Gasteiger partial charge in [0.2, 0.25) is 0 Å². The summed E-state index contributed by atoms with van der Waals surface area (Å²) < 4.78 is 5.61. The minimum absolute atomic E-state index is 0.269. The fraction of sp³-hybridized carbons (Fsp3) is 0.600. The third-order valence-electron chi connectivity index (χ3n) is 3.16. The molecule has 0 aliphatic heterocycles. The normalized spacial score (nSPS) is 14.4. The Labute approximate surface area is 116 Å². The average molecular weight is 270 g/mol. The van der Waals surface area contributed by atoms with E-state index in [0.717, 1.165) is 30.8 Å². The number of hydrogen-bond donors (Lipinski definition) is 1. The van der Waals surface area contributed by atoms with Gasteiger partial charge in [-0.2, -0.15) is 0 Å². The first kappa shape index (κ1) is 15.5. The summed E-state index contributed by atoms with van der Waals surface area (Å²) in [6, 6.07) is 8.43. The molecule has 0 bridgehead atoms. The average Bonchev–Trinajstić information content (AvgIpc) is 2.38. The molecule has 0 aliphatic carbocycles. The molecule has 0 fully saturated rings. The van der Waals surface area contributed by atoms with Crippen molar-refractivity contribution in [3.8, 4) is 0 Å². The summed E-state index contributed by atoms with van der Waals surface area (Å²) in [6.07, 6.45) is 3.47. The molecule has 0 saturated heterocycles. The summed E-state index contributed by atoms with van der Waals surface area (Å²) in [4.78, 5) is 0. The summed E-state index contributed by atoms with van der Waals surface area (Å²) in [6.45, 7) is 5.28. The van der Waals surface area contributed by atoms with E-state index in [1.807, 2.05) is 12.1 Å². The Morgan fingerprint density at radius 3 is 2.39 bits per heavy atom. The molecule has 0 amide bonds. The van der Waals surface area contributed by atoms with Gasteiger partial charge in [0.1, 0.15) is 0 Å². The molecule has 1 aromatic rings. The second kappa shape index (κ2) is 8.52. The Kier molecular flexibility index (Phi) is 7.33. The minimum atomic E-state index is 0.269. The first-order valence-corrected chi connectivity index (χ1v) is 7.09. The minimum Gasteiger partial charge on any atom is -0.380 e. The third-order valence-corrected chi connectivity index (χ3v) is 3.41. The lowest BCUT2D eigenvalue weighted by Crippen LogP contribution is -2.42. The molecule has 102 valence electrons. The number of hydrogen-bond acceptors (Lipinski definition) is 2. The molecule has 0 saturated carbocycles. The van der Waals surface area contributed by atoms with Crippen molar-refractivity contribution in [3.05, 3.63) is 34.9 Å². The number of benzene rings is 1. The van der Waals surface area contributed by atoms with Crippen molar-refractivity contribution in [3.63, 3.8) is 0 Å². The van der Waals surface area contributed by atoms with Crippen LogP contribution in [0.4, 0.5) is 0 Å². The first-order chi connectivity index (χ1) is 8.71. The SMILES string of the molecule is CCCC(OC)C(Cc1ccc(Cl)cc1)NCC. The fourth-order valence-corrected chi connectivity index (χ4v) is 2.37. The number of nitrogens with one attached hydrogen (secondary N) is 1. The van der Waals surface area contributed by atoms with Gasteiger partial charge in [-0.3, -0.25) is 0 Å². The monoisotopic (exact) mass is 269 g/mol. The molecule has 1 aromatic carbocycles. The van der Waals surface area contributed by atoms with Gasteiger partial charge in [0.25, 0.3) is 0 Å². The molecule has 3 heteroatoms. The second-order valence-corrected chi connectivity index (χ2v) is 4.99. The summed E-state index contributed by atoms with van der Waals surface area (Å²) in [5, 5.41) is 4.31. The molecule has 1 N–H and O–H groups in total. The zero-order valence-electron chi connectivity index (χ0n) is 11.6. The van der Waals surface area contributed by atoms with Gasteiger partial charge in [-0.1, -0.05) is 44.0 Å². The molecule has 0 radical (unpaired) electrons. The lowest BCUT2D eigenvalue weighted by atomic mass is 9.98. The van der Waals surface area contributed by atoms with E-state index < -0.39 is 0 Å². The van der Waals surface area contributed by atoms with Crippen LogP contribution in [0.2, 0.25) is 5.02 Å². The third kappa shape index (κ3) is 4.97. The van der Waals surface area contributed by atoms with Crippen LogP contribution in [0.15, 0.2) is 24.3 Å². The molecule has 0 heterocycles. The highest BCUT2D eigenvalue weighted by molar-refractivity contribution is 6.30. The molecule has 0 aromatic heterocycles. The van der Waals surface area contributed by atoms with Crippen molar-refractivity contribution in [2.45, 2.75) is 45.3 Å². The van der Waals surface area contributed by atoms with Gasteiger partial charge in [0.05, 0.1) is 6.10 Å². The number of methoxy groups -OCH3 is 1. The van der Waals surface area contributed by atoms with Crippen LogP contribution in [-0.4, -0.2) is 25.8 Å². The predicted molar refractivity (Wildman–Crippen MR) is 78.3 cm³/mol. The van der Waals surface area contributed by atoms with Gasteiger partial charge in [-0.25, -0.2) is 0 Å². The molecule has 2 nitrogen and oxygen atoms in total. The van der Waals surface area contributed by atoms with Crippen LogP contribution in [-0.2, 0) is 11.2 Å². The van der Waals surface area contributed by atoms with Crippen molar-refractivity contribution in [2.75, 3.05) is 13.7 Å². The summed E-state index contributed by atoms with van der Waals surface area (Å²) in [7, 11) is 1.80. The van der Waals surface area contributed by atoms with E-state index in [1.54, 1.807) is 7.11 Å². The highest BCUT2D eigenvalue weighted by Gasteiger charge is 2.19. The van der Waals surface area contributed by atoms with Gasteiger partial charge >= 0.3 is 0 Å². The van der Waals surface area contributed by atoms with Gasteiger partial charge in [0.15, 0.2) is 0 Å². The standard InChI is InChI=1S/C15H24ClNO/c1-4-6-15(18-3)14(17-5-2)11-12-7-9-13(16)10-8-12/h7-10,14-15,17H,4-6,11H2,1-3H3. The Hall–Kier alpha value is -0.570. The zero-order valence-corrected chi connectivity index (χ0v) is 12.3. The van der Waals surface area contributed by atoms with E-state index in [1.165, 1.54) is 5.56 Å². The number of ether oxygens (including phenoxy) is 1. The van der Waals surface area contributed by atoms with Crippen LogP contribution in [0, 0.1) is 0 Å². The fourth-order valence-electron chi connectivity index (χ4n) is 2.24. The van der Waals surface area contributed by atoms with E-state index in [4.69, 9.17) is 16.3 Å². The van der Waals surface area contributed by atoms with Gasteiger partial charge in [0, 0.05) is 18.2 Å². The summed E-state index contributed by atoms with van der Waals surface area (Å²) in [5.74, 6) is 0. The van der Waals surface area contributed by atoms with Crippen LogP contribution in [0.3, 0.4) is 0 Å². The van der Waals surface area contributed by atoms with Crippen LogP contribution >= 0.6 is 11.6 Å². The van der Waals surface area contributed by atoms with Crippen LogP contribution in [0.5, 0.6) is 0 Å². The van der Waals surface area contributed by atoms with E-state index >= 15 is 0 Å². The van der Waals surface area contributed by atoms with Crippen molar-refractivity contribution in [1.29, 1.82) is 0 Å². The highest BCUT2D eigenvalue weighted by Crippen LogP contribution is 2.15. The van der Waals surface area contributed by atoms with Gasteiger partial charge < -0.3 is 10.1 Å². The second-order valence-electron chi connectivity index (χ2n) is 4.56. The smallest absolute Gasteiger partial charge is 0.0727 e. The quantitative estimate of drug-likeness (QED) is 0.777. The molecule has 0 spiro atoms. The molecule has 18 heavy (non-hydrogen) atoms. The van der Waals surface area contributed by atoms with Crippen LogP contribution < -0.4 is 5.32 Å². The van der Waals surface area contributed by atoms with Crippen LogP contribution in [0.25, 0.3) is 0 Å². The van der Waals surface area contributed by atoms with E-state index in [2.05, 4.69) is 31.3 Å². The highest BCUT2D eigenvalue weighted by atomic mass is 35.5. The lowest BCUT2D eigenvalue weighted by molar-refractivity contribution is 0.0614. The van der Waals surface area contributed by atoms with Crippen molar-refractivity contribution in [1.82, 2.24) is 5.32 Å². The number of halogens is 1. The predicted octanol–water partition coefficient (Wildman–Crippen LogP) is 3.68. The molecule has 2 unspecified atom stereocenters. The molecule has 2 atom stereocenters. The Balaban J connectivity index is 2.68. The lowest BCUT2D eigenvalue weighted by Gasteiger charge is -2.26. The Bertz CT molecular complexity index is 326. The van der Waals surface area contributed by atoms with Crippen LogP contribution in [0.1, 0.15) is 32.3 Å². The number of rotatable bonds is 8. The zero-order chi connectivity index (χ0) is 13.4. The van der Waals surface area contributed by atoms with E-state index in [-0.39, 0.29) is 6.10 Å². The Morgan fingerprint density at radius 1 is 1.22 bits per heavy atom. The van der Waals surface area contributed by atoms with Crippen molar-refractivity contribution in [2.24, 2.45) is 0 Å². The van der Waals surface area contributed by atoms with E-state index in [0.29, 0.717) is 6.04 Å². The maximum Gasteiger partial charge on any atom is 0.0727 e. The summed E-state index contributed by atoms with van der Waals surface area (Å²) in [5.41, 5.74) is 1.29. The number of likely N-dealkylation sites (N-methyl/N-ethyl adjacent to an activating group) is 1. The van der Waals surface area contributed by atoms with Crippen molar-refractivity contribution >= 4 is 11.6 Å². The summed E-state index contributed by atoms with van der Waals surface area (Å²) >= 11 is 5.91. The van der Waals surface area contributed by atoms with Crippen molar-refractivity contribution < 1.29 is 4.74 Å². The molecular formula is C15H24ClNO.